The zero-order valence-corrected chi connectivity index (χ0v) is 71.3. The van der Waals surface area contributed by atoms with Gasteiger partial charge < -0.3 is 269 Å². The summed E-state index contributed by atoms with van der Waals surface area (Å²) in [5.41, 5.74) is 0. The van der Waals surface area contributed by atoms with Gasteiger partial charge in [-0.1, -0.05) is 0 Å². The molecule has 55 atom stereocenters. The number of aliphatic hydroxyl groups excluding tert-OH is 29. The fourth-order valence-corrected chi connectivity index (χ4v) is 17.3. The quantitative estimate of drug-likeness (QED) is 0.0290. The minimum absolute atomic E-state index is 0.809. The van der Waals surface area contributed by atoms with Crippen molar-refractivity contribution < 1.29 is 267 Å². The Labute approximate surface area is 748 Å². The van der Waals surface area contributed by atoms with E-state index in [1.165, 1.54) is 13.8 Å². The molecule has 0 unspecified atom stereocenters. The molecule has 33 N–H and O–H groups in total. The van der Waals surface area contributed by atoms with Crippen LogP contribution >= 0.6 is 0 Å². The van der Waals surface area contributed by atoms with E-state index in [4.69, 9.17) is 99.5 Å². The molecule has 0 radical (unpaired) electrons. The normalized spacial score (nSPS) is 50.4. The van der Waals surface area contributed by atoms with E-state index in [0.29, 0.717) is 0 Å². The second kappa shape index (κ2) is 47.0. The van der Waals surface area contributed by atoms with Crippen LogP contribution in [0.5, 0.6) is 0 Å². The largest absolute Gasteiger partial charge is 0.394 e. The lowest BCUT2D eigenvalue weighted by molar-refractivity contribution is -0.400. The molecule has 0 saturated carbocycles. The monoisotopic (exact) mass is 1930 g/mol. The smallest absolute Gasteiger partial charge is 0.217 e. The maximum absolute atomic E-state index is 13.2. The van der Waals surface area contributed by atoms with Gasteiger partial charge >= 0.3 is 0 Å². The van der Waals surface area contributed by atoms with Crippen molar-refractivity contribution in [2.24, 2.45) is 0 Å². The van der Waals surface area contributed by atoms with Crippen molar-refractivity contribution in [1.29, 1.82) is 0 Å². The Morgan fingerprint density at radius 1 is 0.212 bits per heavy atom. The Morgan fingerprint density at radius 2 is 0.447 bits per heavy atom. The number of amides is 4. The van der Waals surface area contributed by atoms with Gasteiger partial charge in [0.2, 0.25) is 23.6 Å². The first kappa shape index (κ1) is 108. The van der Waals surface area contributed by atoms with E-state index < -0.39 is 421 Å². The van der Waals surface area contributed by atoms with Crippen LogP contribution < -0.4 is 21.3 Å². The van der Waals surface area contributed by atoms with E-state index in [1.807, 2.05) is 0 Å². The van der Waals surface area contributed by atoms with Crippen molar-refractivity contribution >= 4 is 23.6 Å². The second-order valence-electron chi connectivity index (χ2n) is 33.7. The molecule has 11 aliphatic heterocycles. The molecule has 11 saturated heterocycles. The molecule has 4 amide bonds. The average Bonchev–Trinajstić information content (AvgIpc) is 0.763. The summed E-state index contributed by atoms with van der Waals surface area (Å²) in [5, 5.41) is 336. The van der Waals surface area contributed by atoms with Gasteiger partial charge in [-0.05, 0) is 13.8 Å². The van der Waals surface area contributed by atoms with Crippen LogP contribution in [-0.4, -0.2) is 569 Å². The Balaban J connectivity index is 0.900. The molecule has 58 nitrogen and oxygen atoms in total. The van der Waals surface area contributed by atoms with Gasteiger partial charge in [-0.15, -0.1) is 0 Å². The molecular weight excluding hydrogens is 1810 g/mol. The van der Waals surface area contributed by atoms with Crippen LogP contribution in [0.3, 0.4) is 0 Å². The predicted octanol–water partition coefficient (Wildman–Crippen LogP) is -22.3. The van der Waals surface area contributed by atoms with Crippen molar-refractivity contribution in [3.63, 3.8) is 0 Å². The lowest BCUT2D eigenvalue weighted by Crippen LogP contribution is -2.71. The average molecular weight is 1930 g/mol. The Hall–Kier alpha value is -4.12. The SMILES string of the molecule is CC(=O)N[C@@H]1[C@@H](O)[C@H](O[C@@H]2O[C@H](CO)[C@@H](O[C@@H]3O[C@H](CO[C@H]4O[C@H](CO)[C@@H](O)[C@H](O)[C@@H]4O[C@@H]4O[C@H](CO)[C@@H](O[C@@H]5O[C@H](CO)[C@H](O)[C@H](O[C@@H]6O[C@@H](C)[C@@H](O)[C@@H](O)[C@@H]6O)[C@H]5O)[C@H](O)[C@H]4NC(C)=O)[C@@H](O)[C@H](O[C@H]4O[C@H](CO)[C@@H](O)[C@H](O)[C@@H]4O[C@@H]4O[C@H](CO)[C@@H](O[C@@H]5O[C@H](CO)[C@H](O)[C@H](O[C@@H]6O[C@@H](C)[C@@H](O)[C@@H](O)[C@@H]6O)[C@H]5O)[C@H](O)[C@H]4NC(C)=O)[C@@H]3O)[C@H](O)[C@H]2NC(C)=O)[C@@H](CO)O[C@H]1O. The van der Waals surface area contributed by atoms with E-state index in [1.54, 1.807) is 0 Å². The number of hydrogen-bond donors (Lipinski definition) is 33. The van der Waals surface area contributed by atoms with Gasteiger partial charge in [-0.3, -0.25) is 19.2 Å². The summed E-state index contributed by atoms with van der Waals surface area (Å²) in [5.74, 6) is -3.78. The number of carbonyl (C=O) groups excluding carboxylic acids is 4. The lowest BCUT2D eigenvalue weighted by Gasteiger charge is -2.51. The second-order valence-corrected chi connectivity index (χ2v) is 33.7. The van der Waals surface area contributed by atoms with Crippen LogP contribution in [0, 0.1) is 0 Å². The highest BCUT2D eigenvalue weighted by molar-refractivity contribution is 5.74. The fraction of sp³-hybridized carbons (Fsp3) is 0.946. The van der Waals surface area contributed by atoms with Crippen molar-refractivity contribution in [3.05, 3.63) is 0 Å². The number of carbonyl (C=O) groups is 4. The minimum atomic E-state index is -2.64. The molecule has 0 spiro atoms. The molecule has 0 aliphatic carbocycles. The van der Waals surface area contributed by atoms with E-state index in [2.05, 4.69) is 21.3 Å². The summed E-state index contributed by atoms with van der Waals surface area (Å²) in [6, 6.07) is -7.71. The summed E-state index contributed by atoms with van der Waals surface area (Å²) in [6.07, 6.45) is -106. The Kier molecular flexibility index (Phi) is 38.5. The summed E-state index contributed by atoms with van der Waals surface area (Å²) in [7, 11) is 0. The van der Waals surface area contributed by atoms with Crippen LogP contribution in [0.1, 0.15) is 41.5 Å². The molecule has 58 heteroatoms. The highest BCUT2D eigenvalue weighted by Crippen LogP contribution is 2.42. The number of rotatable bonds is 33. The number of nitrogens with one attached hydrogen (secondary N) is 4. The Morgan fingerprint density at radius 3 is 0.780 bits per heavy atom. The number of ether oxygens (including phenoxy) is 21. The van der Waals surface area contributed by atoms with Crippen LogP contribution in [0.4, 0.5) is 0 Å². The molecular formula is C74H124N4O54. The van der Waals surface area contributed by atoms with Crippen LogP contribution in [-0.2, 0) is 119 Å². The molecule has 132 heavy (non-hydrogen) atoms. The highest BCUT2D eigenvalue weighted by Gasteiger charge is 2.63. The van der Waals surface area contributed by atoms with Crippen molar-refractivity contribution in [2.75, 3.05) is 59.5 Å². The Bertz CT molecular complexity index is 3610. The third-order valence-corrected chi connectivity index (χ3v) is 24.5. The zero-order chi connectivity index (χ0) is 97.1. The summed E-state index contributed by atoms with van der Waals surface area (Å²) >= 11 is 0. The van der Waals surface area contributed by atoms with E-state index in [9.17, 15) is 167 Å². The first-order chi connectivity index (χ1) is 62.4. The topological polar surface area (TPSA) is 897 Å². The number of hydrogen-bond acceptors (Lipinski definition) is 54. The molecule has 11 fully saturated rings. The third kappa shape index (κ3) is 23.5. The van der Waals surface area contributed by atoms with E-state index >= 15 is 0 Å². The summed E-state index contributed by atoms with van der Waals surface area (Å²) < 4.78 is 125. The first-order valence-electron chi connectivity index (χ1n) is 42.4. The molecule has 11 aliphatic rings. The fourth-order valence-electron chi connectivity index (χ4n) is 17.3. The molecule has 764 valence electrons. The maximum Gasteiger partial charge on any atom is 0.217 e. The third-order valence-electron chi connectivity index (χ3n) is 24.5. The van der Waals surface area contributed by atoms with Crippen LogP contribution in [0.25, 0.3) is 0 Å². The molecule has 11 heterocycles. The molecule has 0 bridgehead atoms. The molecule has 0 aromatic carbocycles. The van der Waals surface area contributed by atoms with E-state index in [-0.39, 0.29) is 0 Å². The predicted molar refractivity (Wildman–Crippen MR) is 406 cm³/mol. The van der Waals surface area contributed by atoms with Gasteiger partial charge in [0.05, 0.1) is 71.7 Å². The zero-order valence-electron chi connectivity index (χ0n) is 71.3. The van der Waals surface area contributed by atoms with Crippen molar-refractivity contribution in [2.45, 2.75) is 379 Å². The maximum atomic E-state index is 13.2. The van der Waals surface area contributed by atoms with Crippen molar-refractivity contribution in [3.8, 4) is 0 Å². The van der Waals surface area contributed by atoms with Gasteiger partial charge in [0.1, 0.15) is 256 Å². The van der Waals surface area contributed by atoms with Crippen LogP contribution in [0.2, 0.25) is 0 Å². The molecule has 0 aromatic rings. The lowest BCUT2D eigenvalue weighted by atomic mass is 9.93. The number of aliphatic hydroxyl groups is 29. The van der Waals surface area contributed by atoms with Gasteiger partial charge in [-0.2, -0.15) is 0 Å². The summed E-state index contributed by atoms with van der Waals surface area (Å²) in [4.78, 5) is 51.7. The standard InChI is InChI=1S/C74H124N4O54/c1-16-35(91)46(102)50(106)68(113-16)128-59-39(95)24(9-81)116-70(52(59)108)125-56-28(13-85)121-66(33(44(56)100)77-20(5)89)131-62-48(104)37(93)22(7-79)118-73(62)112-15-30-41(97)61(54(110)72(123-30)127-58-27(12-84)120-65(32(43(58)99)76-19(4)88)124-55-26(11-83)115-64(111)31(42(55)98)75-18(3)87)130-74-63(49(105)38(94)23(8-80)119-74)132-67-34(78-21(6)90)45(101)57(29(14-86)122-67)126-71-53(109)60(40(96)25(10-82)117-71)129-69-51(107)47(103)36(92)17(2)114-69/h16-17,22-74,79-86,91-111H,7-15H2,1-6H3,(H,75,87)(H,76,88)(H,77,89)(H,78,90)/t16-,17-,22+,23+,24+,25+,26+,27+,28+,29+,30+,31+,32+,33+,34+,35+,36+,37+,38+,39-,40-,41+,42+,43+,44+,45+,46+,47+,48-,49-,50-,51-,52+,53+,54-,55+,56+,57+,58+,59-,60-,61-,62-,63-,64+,65-,66-,67-,68-,69-,70-,71-,72-,73-,74+/m0/s1. The van der Waals surface area contributed by atoms with Crippen molar-refractivity contribution in [1.82, 2.24) is 21.3 Å². The minimum Gasteiger partial charge on any atom is -0.394 e. The van der Waals surface area contributed by atoms with Gasteiger partial charge in [0.25, 0.3) is 0 Å². The van der Waals surface area contributed by atoms with Crippen LogP contribution in [0.15, 0.2) is 0 Å². The van der Waals surface area contributed by atoms with Gasteiger partial charge in [0.15, 0.2) is 69.2 Å². The van der Waals surface area contributed by atoms with E-state index in [0.717, 1.165) is 27.7 Å². The molecule has 0 aromatic heterocycles. The highest BCUT2D eigenvalue weighted by atomic mass is 16.8. The van der Waals surface area contributed by atoms with Gasteiger partial charge in [-0.25, -0.2) is 0 Å². The first-order valence-corrected chi connectivity index (χ1v) is 42.4. The van der Waals surface area contributed by atoms with Gasteiger partial charge in [0, 0.05) is 27.7 Å². The summed E-state index contributed by atoms with van der Waals surface area (Å²) in [6.45, 7) is -4.16. The molecule has 11 rings (SSSR count).